The molecule has 1 N–H and O–H groups in total. The van der Waals surface area contributed by atoms with Crippen molar-refractivity contribution in [1.29, 1.82) is 0 Å². The van der Waals surface area contributed by atoms with Crippen molar-refractivity contribution in [3.8, 4) is 0 Å². The Hall–Kier alpha value is -1.88. The minimum atomic E-state index is -0.357. The number of nitrogens with zero attached hydrogens (tertiary/aromatic N) is 1. The molecule has 0 aliphatic carbocycles. The fourth-order valence-corrected chi connectivity index (χ4v) is 1.61. The zero-order valence-electron chi connectivity index (χ0n) is 8.81. The molecule has 3 nitrogen and oxygen atoms in total. The first-order chi connectivity index (χ1) is 8.15. The molecular weight excluding hydrogens is 239 g/mol. The molecule has 2 rings (SSSR count). The number of Topliss-reactive ketones (excluding diaryl/α,β-unsaturated/α-hetero) is 1. The SMILES string of the molecule is O=C(Cc1ccnc(=S)[nH]1)c1ccc(F)cc1. The molecule has 0 spiro atoms. The van der Waals surface area contributed by atoms with E-state index >= 15 is 0 Å². The Morgan fingerprint density at radius 1 is 1.29 bits per heavy atom. The highest BCUT2D eigenvalue weighted by molar-refractivity contribution is 7.71. The Morgan fingerprint density at radius 2 is 2.00 bits per heavy atom. The Balaban J connectivity index is 2.17. The standard InChI is InChI=1S/C12H9FN2OS/c13-9-3-1-8(2-4-9)11(16)7-10-5-6-14-12(17)15-10/h1-6H,7H2,(H,14,15,17). The summed E-state index contributed by atoms with van der Waals surface area (Å²) in [6.07, 6.45) is 1.74. The van der Waals surface area contributed by atoms with Crippen molar-refractivity contribution >= 4 is 18.0 Å². The third-order valence-corrected chi connectivity index (χ3v) is 2.46. The molecule has 17 heavy (non-hydrogen) atoms. The Bertz CT molecular complexity index is 592. The van der Waals surface area contributed by atoms with E-state index < -0.39 is 0 Å². The van der Waals surface area contributed by atoms with Crippen LogP contribution in [0.2, 0.25) is 0 Å². The lowest BCUT2D eigenvalue weighted by atomic mass is 10.1. The Kier molecular flexibility index (Phi) is 3.39. The quantitative estimate of drug-likeness (QED) is 0.671. The number of hydrogen-bond acceptors (Lipinski definition) is 3. The van der Waals surface area contributed by atoms with E-state index in [4.69, 9.17) is 12.2 Å². The van der Waals surface area contributed by atoms with Gasteiger partial charge in [0, 0.05) is 17.5 Å². The van der Waals surface area contributed by atoms with Crippen LogP contribution in [0.25, 0.3) is 0 Å². The third-order valence-electron chi connectivity index (χ3n) is 2.25. The van der Waals surface area contributed by atoms with Gasteiger partial charge in [-0.05, 0) is 42.5 Å². The summed E-state index contributed by atoms with van der Waals surface area (Å²) in [5, 5.41) is 0. The van der Waals surface area contributed by atoms with E-state index in [1.54, 1.807) is 12.3 Å². The highest BCUT2D eigenvalue weighted by Crippen LogP contribution is 2.07. The Morgan fingerprint density at radius 3 is 2.65 bits per heavy atom. The van der Waals surface area contributed by atoms with Crippen molar-refractivity contribution in [2.45, 2.75) is 6.42 Å². The lowest BCUT2D eigenvalue weighted by Gasteiger charge is -2.01. The Labute approximate surface area is 102 Å². The monoisotopic (exact) mass is 248 g/mol. The van der Waals surface area contributed by atoms with Crippen molar-refractivity contribution in [1.82, 2.24) is 9.97 Å². The number of carbonyl (C=O) groups is 1. The molecule has 0 aliphatic rings. The lowest BCUT2D eigenvalue weighted by Crippen LogP contribution is -2.05. The van der Waals surface area contributed by atoms with Crippen LogP contribution in [0, 0.1) is 10.6 Å². The minimum absolute atomic E-state index is 0.0955. The van der Waals surface area contributed by atoms with Gasteiger partial charge in [0.1, 0.15) is 5.82 Å². The summed E-state index contributed by atoms with van der Waals surface area (Å²) < 4.78 is 13.0. The van der Waals surface area contributed by atoms with Gasteiger partial charge in [0.25, 0.3) is 0 Å². The maximum atomic E-state index is 12.7. The molecule has 0 amide bonds. The van der Waals surface area contributed by atoms with Gasteiger partial charge < -0.3 is 4.98 Å². The van der Waals surface area contributed by atoms with Crippen molar-refractivity contribution in [3.63, 3.8) is 0 Å². The van der Waals surface area contributed by atoms with Crippen LogP contribution in [0.1, 0.15) is 16.1 Å². The molecule has 2 aromatic rings. The van der Waals surface area contributed by atoms with E-state index in [2.05, 4.69) is 9.97 Å². The number of halogens is 1. The largest absolute Gasteiger partial charge is 0.334 e. The van der Waals surface area contributed by atoms with E-state index in [0.29, 0.717) is 16.0 Å². The third kappa shape index (κ3) is 3.04. The smallest absolute Gasteiger partial charge is 0.196 e. The fraction of sp³-hybridized carbons (Fsp3) is 0.0833. The van der Waals surface area contributed by atoms with Gasteiger partial charge in [0.15, 0.2) is 10.6 Å². The molecule has 0 fully saturated rings. The van der Waals surface area contributed by atoms with Gasteiger partial charge in [0.05, 0.1) is 6.42 Å². The van der Waals surface area contributed by atoms with Crippen LogP contribution in [0.4, 0.5) is 4.39 Å². The number of H-pyrrole nitrogens is 1. The number of ketones is 1. The van der Waals surface area contributed by atoms with Crippen molar-refractivity contribution in [2.75, 3.05) is 0 Å². The van der Waals surface area contributed by atoms with E-state index in [1.807, 2.05) is 0 Å². The van der Waals surface area contributed by atoms with Crippen LogP contribution >= 0.6 is 12.2 Å². The summed E-state index contributed by atoms with van der Waals surface area (Å²) in [7, 11) is 0. The van der Waals surface area contributed by atoms with Gasteiger partial charge in [-0.3, -0.25) is 4.79 Å². The molecule has 0 unspecified atom stereocenters. The van der Waals surface area contributed by atoms with Gasteiger partial charge in [-0.1, -0.05) is 0 Å². The molecule has 0 saturated heterocycles. The second-order valence-electron chi connectivity index (χ2n) is 3.51. The zero-order chi connectivity index (χ0) is 12.3. The molecular formula is C12H9FN2OS. The summed E-state index contributed by atoms with van der Waals surface area (Å²) in [5.74, 6) is -0.452. The number of nitrogens with one attached hydrogen (secondary N) is 1. The number of hydrogen-bond donors (Lipinski definition) is 1. The molecule has 0 saturated carbocycles. The van der Waals surface area contributed by atoms with Crippen molar-refractivity contribution in [2.24, 2.45) is 0 Å². The molecule has 0 aliphatic heterocycles. The first kappa shape index (κ1) is 11.6. The predicted molar refractivity (Wildman–Crippen MR) is 63.9 cm³/mol. The molecule has 1 heterocycles. The van der Waals surface area contributed by atoms with Crippen LogP contribution in [0.5, 0.6) is 0 Å². The number of aromatic amines is 1. The highest BCUT2D eigenvalue weighted by atomic mass is 32.1. The van der Waals surface area contributed by atoms with Gasteiger partial charge >= 0.3 is 0 Å². The molecule has 1 aromatic heterocycles. The molecule has 0 radical (unpaired) electrons. The number of rotatable bonds is 3. The van der Waals surface area contributed by atoms with E-state index in [1.165, 1.54) is 24.3 Å². The van der Waals surface area contributed by atoms with Crippen molar-refractivity contribution < 1.29 is 9.18 Å². The number of aromatic nitrogens is 2. The molecule has 0 bridgehead atoms. The van der Waals surface area contributed by atoms with Crippen LogP contribution in [0.15, 0.2) is 36.5 Å². The normalized spacial score (nSPS) is 10.2. The lowest BCUT2D eigenvalue weighted by molar-refractivity contribution is 0.0992. The average molecular weight is 248 g/mol. The molecule has 86 valence electrons. The fourth-order valence-electron chi connectivity index (χ4n) is 1.42. The van der Waals surface area contributed by atoms with E-state index in [9.17, 15) is 9.18 Å². The van der Waals surface area contributed by atoms with Gasteiger partial charge in [-0.25, -0.2) is 9.37 Å². The van der Waals surface area contributed by atoms with Gasteiger partial charge in [-0.2, -0.15) is 0 Å². The van der Waals surface area contributed by atoms with Crippen LogP contribution in [0.3, 0.4) is 0 Å². The van der Waals surface area contributed by atoms with Crippen LogP contribution in [-0.4, -0.2) is 15.8 Å². The molecule has 5 heteroatoms. The highest BCUT2D eigenvalue weighted by Gasteiger charge is 2.07. The topological polar surface area (TPSA) is 45.8 Å². The number of carbonyl (C=O) groups excluding carboxylic acids is 1. The zero-order valence-corrected chi connectivity index (χ0v) is 9.63. The van der Waals surface area contributed by atoms with E-state index in [0.717, 1.165) is 0 Å². The first-order valence-electron chi connectivity index (χ1n) is 4.98. The summed E-state index contributed by atoms with van der Waals surface area (Å²) in [5.41, 5.74) is 1.17. The van der Waals surface area contributed by atoms with Gasteiger partial charge in [0.2, 0.25) is 0 Å². The molecule has 0 atom stereocenters. The second kappa shape index (κ2) is 4.97. The number of benzene rings is 1. The first-order valence-corrected chi connectivity index (χ1v) is 5.39. The summed E-state index contributed by atoms with van der Waals surface area (Å²) in [4.78, 5) is 18.5. The maximum Gasteiger partial charge on any atom is 0.196 e. The van der Waals surface area contributed by atoms with Crippen LogP contribution < -0.4 is 0 Å². The summed E-state index contributed by atoms with van der Waals surface area (Å²) >= 11 is 4.86. The molecule has 1 aromatic carbocycles. The predicted octanol–water partition coefficient (Wildman–Crippen LogP) is 2.70. The van der Waals surface area contributed by atoms with Crippen LogP contribution in [-0.2, 0) is 6.42 Å². The summed E-state index contributed by atoms with van der Waals surface area (Å²) in [6.45, 7) is 0. The summed E-state index contributed by atoms with van der Waals surface area (Å²) in [6, 6.07) is 7.15. The minimum Gasteiger partial charge on any atom is -0.334 e. The second-order valence-corrected chi connectivity index (χ2v) is 3.89. The van der Waals surface area contributed by atoms with Crippen molar-refractivity contribution in [3.05, 3.63) is 58.4 Å². The van der Waals surface area contributed by atoms with Gasteiger partial charge in [-0.15, -0.1) is 0 Å². The maximum absolute atomic E-state index is 12.7. The van der Waals surface area contributed by atoms with E-state index in [-0.39, 0.29) is 18.0 Å². The average Bonchev–Trinajstić information content (AvgIpc) is 2.29.